The van der Waals surface area contributed by atoms with Crippen molar-refractivity contribution in [1.29, 1.82) is 0 Å². The molecule has 1 atom stereocenters. The van der Waals surface area contributed by atoms with Crippen LogP contribution >= 0.6 is 27.5 Å². The molecule has 3 rings (SSSR count). The Bertz CT molecular complexity index is 512. The van der Waals surface area contributed by atoms with Crippen LogP contribution < -0.4 is 4.74 Å². The van der Waals surface area contributed by atoms with Crippen LogP contribution in [0.2, 0.25) is 0 Å². The minimum atomic E-state index is 0.0906. The van der Waals surface area contributed by atoms with E-state index in [1.54, 1.807) is 0 Å². The lowest BCUT2D eigenvalue weighted by Crippen LogP contribution is -2.41. The smallest absolute Gasteiger partial charge is 0.127 e. The fourth-order valence-corrected chi connectivity index (χ4v) is 4.50. The number of ether oxygens (including phenoxy) is 2. The molecule has 2 nitrogen and oxygen atoms in total. The van der Waals surface area contributed by atoms with Gasteiger partial charge in [-0.1, -0.05) is 28.8 Å². The number of hydrogen-bond donors (Lipinski definition) is 0. The zero-order valence-electron chi connectivity index (χ0n) is 12.5. The molecule has 4 heteroatoms. The maximum atomic E-state index is 6.36. The van der Waals surface area contributed by atoms with Crippen LogP contribution in [0.4, 0.5) is 0 Å². The maximum Gasteiger partial charge on any atom is 0.127 e. The molecule has 1 aliphatic heterocycles. The molecular weight excluding hydrogens is 352 g/mol. The normalized spacial score (nSPS) is 24.4. The molecule has 1 saturated carbocycles. The Hall–Kier alpha value is -0.250. The number of alkyl halides is 1. The Labute approximate surface area is 140 Å². The highest BCUT2D eigenvalue weighted by atomic mass is 79.9. The predicted molar refractivity (Wildman–Crippen MR) is 89.2 cm³/mol. The van der Waals surface area contributed by atoms with Crippen LogP contribution in [0.25, 0.3) is 0 Å². The second-order valence-electron chi connectivity index (χ2n) is 6.32. The quantitative estimate of drug-likeness (QED) is 0.663. The van der Waals surface area contributed by atoms with Gasteiger partial charge in [-0.25, -0.2) is 0 Å². The van der Waals surface area contributed by atoms with Crippen molar-refractivity contribution >= 4 is 27.5 Å². The summed E-state index contributed by atoms with van der Waals surface area (Å²) < 4.78 is 13.5. The third-order valence-corrected chi connectivity index (χ3v) is 5.45. The van der Waals surface area contributed by atoms with Gasteiger partial charge in [0, 0.05) is 22.9 Å². The van der Waals surface area contributed by atoms with Gasteiger partial charge in [0.15, 0.2) is 0 Å². The van der Waals surface area contributed by atoms with Crippen molar-refractivity contribution in [3.63, 3.8) is 0 Å². The first-order valence-electron chi connectivity index (χ1n) is 7.77. The Balaban J connectivity index is 1.77. The van der Waals surface area contributed by atoms with Crippen molar-refractivity contribution in [2.24, 2.45) is 0 Å². The SMILES string of the molecule is Cc1cc(Br)cc(CCl)c1OC1CCOC2(CCCC2)C1. The lowest BCUT2D eigenvalue weighted by atomic mass is 9.90. The van der Waals surface area contributed by atoms with Crippen LogP contribution in [0.5, 0.6) is 5.75 Å². The van der Waals surface area contributed by atoms with Crippen LogP contribution in [0, 0.1) is 6.92 Å². The Morgan fingerprint density at radius 3 is 2.86 bits per heavy atom. The van der Waals surface area contributed by atoms with Crippen molar-refractivity contribution in [3.05, 3.63) is 27.7 Å². The zero-order chi connectivity index (χ0) is 14.9. The molecule has 0 amide bonds. The molecule has 1 aliphatic carbocycles. The molecule has 2 fully saturated rings. The van der Waals surface area contributed by atoms with Gasteiger partial charge in [0.25, 0.3) is 0 Å². The standard InChI is InChI=1S/C17H22BrClO2/c1-12-8-14(18)9-13(11-19)16(12)21-15-4-7-20-17(10-15)5-2-3-6-17/h8-9,15H,2-7,10-11H2,1H3. The van der Waals surface area contributed by atoms with Crippen molar-refractivity contribution in [1.82, 2.24) is 0 Å². The average Bonchev–Trinajstić information content (AvgIpc) is 2.89. The van der Waals surface area contributed by atoms with Crippen LogP contribution in [0.3, 0.4) is 0 Å². The lowest BCUT2D eigenvalue weighted by Gasteiger charge is -2.38. The van der Waals surface area contributed by atoms with Gasteiger partial charge in [0.05, 0.1) is 18.1 Å². The van der Waals surface area contributed by atoms with E-state index in [9.17, 15) is 0 Å². The van der Waals surface area contributed by atoms with E-state index in [0.29, 0.717) is 5.88 Å². The summed E-state index contributed by atoms with van der Waals surface area (Å²) in [6.45, 7) is 2.90. The van der Waals surface area contributed by atoms with E-state index in [1.165, 1.54) is 25.7 Å². The minimum Gasteiger partial charge on any atom is -0.490 e. The summed E-state index contributed by atoms with van der Waals surface area (Å²) in [4.78, 5) is 0. The average molecular weight is 374 g/mol. The Morgan fingerprint density at radius 1 is 1.38 bits per heavy atom. The van der Waals surface area contributed by atoms with Crippen molar-refractivity contribution in [3.8, 4) is 5.75 Å². The van der Waals surface area contributed by atoms with Gasteiger partial charge in [-0.2, -0.15) is 0 Å². The summed E-state index contributed by atoms with van der Waals surface area (Å²) >= 11 is 9.62. The predicted octanol–water partition coefficient (Wildman–Crippen LogP) is 5.37. The van der Waals surface area contributed by atoms with Gasteiger partial charge in [0.1, 0.15) is 11.9 Å². The van der Waals surface area contributed by atoms with Gasteiger partial charge in [-0.3, -0.25) is 0 Å². The molecule has 1 spiro atoms. The first-order valence-corrected chi connectivity index (χ1v) is 9.10. The third-order valence-electron chi connectivity index (χ3n) is 4.71. The molecule has 0 N–H and O–H groups in total. The monoisotopic (exact) mass is 372 g/mol. The van der Waals surface area contributed by atoms with Gasteiger partial charge < -0.3 is 9.47 Å². The second kappa shape index (κ2) is 6.47. The van der Waals surface area contributed by atoms with E-state index in [-0.39, 0.29) is 11.7 Å². The number of aryl methyl sites for hydroxylation is 1. The first-order chi connectivity index (χ1) is 10.1. The summed E-state index contributed by atoms with van der Waals surface area (Å²) in [7, 11) is 0. The van der Waals surface area contributed by atoms with Gasteiger partial charge in [-0.05, 0) is 37.5 Å². The highest BCUT2D eigenvalue weighted by Crippen LogP contribution is 2.41. The topological polar surface area (TPSA) is 18.5 Å². The summed E-state index contributed by atoms with van der Waals surface area (Å²) in [6, 6.07) is 4.15. The van der Waals surface area contributed by atoms with E-state index in [0.717, 1.165) is 40.8 Å². The van der Waals surface area contributed by atoms with Crippen molar-refractivity contribution in [2.45, 2.75) is 63.0 Å². The molecule has 0 radical (unpaired) electrons. The number of halogens is 2. The maximum absolute atomic E-state index is 6.36. The molecule has 21 heavy (non-hydrogen) atoms. The highest BCUT2D eigenvalue weighted by molar-refractivity contribution is 9.10. The molecule has 1 saturated heterocycles. The van der Waals surface area contributed by atoms with E-state index >= 15 is 0 Å². The Morgan fingerprint density at radius 2 is 2.14 bits per heavy atom. The summed E-state index contributed by atoms with van der Waals surface area (Å²) in [5, 5.41) is 0. The van der Waals surface area contributed by atoms with E-state index in [2.05, 4.69) is 35.0 Å². The summed E-state index contributed by atoms with van der Waals surface area (Å²) in [5.41, 5.74) is 2.30. The van der Waals surface area contributed by atoms with Crippen LogP contribution in [-0.4, -0.2) is 18.3 Å². The summed E-state index contributed by atoms with van der Waals surface area (Å²) in [6.07, 6.45) is 7.19. The van der Waals surface area contributed by atoms with Gasteiger partial charge in [0.2, 0.25) is 0 Å². The van der Waals surface area contributed by atoms with Crippen LogP contribution in [0.15, 0.2) is 16.6 Å². The highest BCUT2D eigenvalue weighted by Gasteiger charge is 2.40. The molecule has 1 aromatic carbocycles. The van der Waals surface area contributed by atoms with E-state index in [1.807, 2.05) is 0 Å². The van der Waals surface area contributed by atoms with Crippen LogP contribution in [0.1, 0.15) is 49.7 Å². The second-order valence-corrected chi connectivity index (χ2v) is 7.50. The summed E-state index contributed by atoms with van der Waals surface area (Å²) in [5.74, 6) is 1.44. The number of benzene rings is 1. The molecule has 0 aromatic heterocycles. The molecule has 0 bridgehead atoms. The van der Waals surface area contributed by atoms with Crippen molar-refractivity contribution < 1.29 is 9.47 Å². The largest absolute Gasteiger partial charge is 0.490 e. The Kier molecular flexibility index (Phi) is 4.82. The molecule has 116 valence electrons. The molecule has 2 aliphatic rings. The minimum absolute atomic E-state index is 0.0906. The molecule has 1 unspecified atom stereocenters. The first kappa shape index (κ1) is 15.6. The van der Waals surface area contributed by atoms with Crippen LogP contribution in [-0.2, 0) is 10.6 Å². The molecular formula is C17H22BrClO2. The lowest BCUT2D eigenvalue weighted by molar-refractivity contribution is -0.108. The fraction of sp³-hybridized carbons (Fsp3) is 0.647. The number of hydrogen-bond acceptors (Lipinski definition) is 2. The molecule has 1 heterocycles. The van der Waals surface area contributed by atoms with Crippen molar-refractivity contribution in [2.75, 3.05) is 6.61 Å². The fourth-order valence-electron chi connectivity index (χ4n) is 3.69. The van der Waals surface area contributed by atoms with E-state index < -0.39 is 0 Å². The number of rotatable bonds is 3. The molecule has 1 aromatic rings. The third kappa shape index (κ3) is 3.40. The van der Waals surface area contributed by atoms with E-state index in [4.69, 9.17) is 21.1 Å². The van der Waals surface area contributed by atoms with Gasteiger partial charge >= 0.3 is 0 Å². The van der Waals surface area contributed by atoms with Gasteiger partial charge in [-0.15, -0.1) is 11.6 Å². The zero-order valence-corrected chi connectivity index (χ0v) is 14.8.